The van der Waals surface area contributed by atoms with Gasteiger partial charge in [0.2, 0.25) is 11.9 Å². The number of aliphatic hydroxyl groups excluding tert-OH is 1. The fourth-order valence-corrected chi connectivity index (χ4v) is 1.07. The predicted molar refractivity (Wildman–Crippen MR) is 58.4 cm³/mol. The van der Waals surface area contributed by atoms with Crippen LogP contribution >= 0.6 is 0 Å². The molecular formula is C9H17N5O2. The van der Waals surface area contributed by atoms with Crippen LogP contribution in [0.3, 0.4) is 0 Å². The largest absolute Gasteiger partial charge is 0.394 e. The number of aliphatic hydroxyl groups is 1. The molecule has 1 heterocycles. The molecule has 7 nitrogen and oxygen atoms in total. The lowest BCUT2D eigenvalue weighted by atomic mass is 10.1. The molecule has 0 aliphatic heterocycles. The summed E-state index contributed by atoms with van der Waals surface area (Å²) in [6, 6.07) is 0. The number of likely N-dealkylation sites (N-methyl/N-ethyl adjacent to an activating group) is 1. The first-order valence-electron chi connectivity index (χ1n) is 4.89. The Morgan fingerprint density at radius 1 is 1.69 bits per heavy atom. The van der Waals surface area contributed by atoms with E-state index in [2.05, 4.69) is 10.1 Å². The highest BCUT2D eigenvalue weighted by molar-refractivity contribution is 5.76. The first kappa shape index (κ1) is 12.4. The quantitative estimate of drug-likeness (QED) is 0.694. The average molecular weight is 227 g/mol. The van der Waals surface area contributed by atoms with Crippen molar-refractivity contribution >= 4 is 11.9 Å². The molecule has 0 aromatic carbocycles. The van der Waals surface area contributed by atoms with Gasteiger partial charge in [-0.25, -0.2) is 9.67 Å². The van der Waals surface area contributed by atoms with Crippen molar-refractivity contribution < 1.29 is 9.90 Å². The molecule has 1 aromatic rings. The van der Waals surface area contributed by atoms with E-state index in [1.165, 1.54) is 15.9 Å². The Bertz CT molecular complexity index is 374. The van der Waals surface area contributed by atoms with Crippen LogP contribution in [0.5, 0.6) is 0 Å². The van der Waals surface area contributed by atoms with Gasteiger partial charge in [0.25, 0.3) is 0 Å². The number of nitrogens with two attached hydrogens (primary N) is 1. The minimum absolute atomic E-state index is 0.0597. The summed E-state index contributed by atoms with van der Waals surface area (Å²) in [6.07, 6.45) is 1.40. The lowest BCUT2D eigenvalue weighted by molar-refractivity contribution is -0.136. The third kappa shape index (κ3) is 2.69. The van der Waals surface area contributed by atoms with Gasteiger partial charge < -0.3 is 15.7 Å². The molecule has 0 saturated heterocycles. The number of anilines is 1. The van der Waals surface area contributed by atoms with Gasteiger partial charge in [0, 0.05) is 7.05 Å². The first-order valence-corrected chi connectivity index (χ1v) is 4.89. The molecule has 0 aliphatic rings. The zero-order valence-electron chi connectivity index (χ0n) is 9.71. The summed E-state index contributed by atoms with van der Waals surface area (Å²) in [7, 11) is 1.64. The van der Waals surface area contributed by atoms with Gasteiger partial charge in [-0.2, -0.15) is 0 Å². The van der Waals surface area contributed by atoms with E-state index in [4.69, 9.17) is 10.8 Å². The fraction of sp³-hybridized carbons (Fsp3) is 0.667. The highest BCUT2D eigenvalue weighted by Gasteiger charge is 2.26. The Labute approximate surface area is 93.9 Å². The van der Waals surface area contributed by atoms with E-state index in [1.807, 2.05) is 0 Å². The van der Waals surface area contributed by atoms with Crippen LogP contribution in [0.1, 0.15) is 13.8 Å². The standard InChI is InChI=1S/C9H17N5O2/c1-9(2,5-15)13(3)7(16)4-14-6-11-8(10)12-14/h6,15H,4-5H2,1-3H3,(H2,10,12). The molecule has 0 fully saturated rings. The van der Waals surface area contributed by atoms with Crippen LogP contribution < -0.4 is 5.73 Å². The number of aromatic nitrogens is 3. The summed E-state index contributed by atoms with van der Waals surface area (Å²) >= 11 is 0. The molecule has 0 aliphatic carbocycles. The van der Waals surface area contributed by atoms with Gasteiger partial charge in [-0.05, 0) is 13.8 Å². The Kier molecular flexibility index (Phi) is 3.48. The molecule has 0 spiro atoms. The number of carbonyl (C=O) groups excluding carboxylic acids is 1. The van der Waals surface area contributed by atoms with Crippen LogP contribution in [0.25, 0.3) is 0 Å². The Balaban J connectivity index is 2.66. The van der Waals surface area contributed by atoms with Gasteiger partial charge in [0.15, 0.2) is 0 Å². The number of nitrogens with zero attached hydrogens (tertiary/aromatic N) is 4. The predicted octanol–water partition coefficient (Wildman–Crippen LogP) is -0.910. The van der Waals surface area contributed by atoms with Crippen LogP contribution in [0, 0.1) is 0 Å². The molecule has 90 valence electrons. The van der Waals surface area contributed by atoms with E-state index in [1.54, 1.807) is 20.9 Å². The zero-order valence-corrected chi connectivity index (χ0v) is 9.71. The minimum atomic E-state index is -0.594. The molecule has 16 heavy (non-hydrogen) atoms. The second kappa shape index (κ2) is 4.48. The third-order valence-electron chi connectivity index (χ3n) is 2.52. The average Bonchev–Trinajstić information content (AvgIpc) is 2.62. The van der Waals surface area contributed by atoms with Gasteiger partial charge in [-0.1, -0.05) is 0 Å². The lowest BCUT2D eigenvalue weighted by Gasteiger charge is -2.33. The van der Waals surface area contributed by atoms with Crippen molar-refractivity contribution in [1.29, 1.82) is 0 Å². The Morgan fingerprint density at radius 2 is 2.31 bits per heavy atom. The number of hydrogen-bond acceptors (Lipinski definition) is 5. The smallest absolute Gasteiger partial charge is 0.244 e. The van der Waals surface area contributed by atoms with Gasteiger partial charge in [-0.15, -0.1) is 5.10 Å². The van der Waals surface area contributed by atoms with Crippen LogP contribution in [-0.4, -0.2) is 49.9 Å². The molecule has 0 radical (unpaired) electrons. The fourth-order valence-electron chi connectivity index (χ4n) is 1.07. The molecule has 7 heteroatoms. The van der Waals surface area contributed by atoms with Crippen LogP contribution in [0.4, 0.5) is 5.95 Å². The van der Waals surface area contributed by atoms with Crippen molar-refractivity contribution in [2.75, 3.05) is 19.4 Å². The van der Waals surface area contributed by atoms with E-state index in [9.17, 15) is 4.79 Å². The second-order valence-electron chi connectivity index (χ2n) is 4.22. The van der Waals surface area contributed by atoms with Crippen molar-refractivity contribution in [2.24, 2.45) is 0 Å². The maximum absolute atomic E-state index is 11.8. The maximum Gasteiger partial charge on any atom is 0.244 e. The molecule has 1 aromatic heterocycles. The third-order valence-corrected chi connectivity index (χ3v) is 2.52. The molecule has 1 rings (SSSR count). The lowest BCUT2D eigenvalue weighted by Crippen LogP contribution is -2.48. The van der Waals surface area contributed by atoms with Crippen molar-refractivity contribution in [2.45, 2.75) is 25.9 Å². The normalized spacial score (nSPS) is 11.5. The number of rotatable bonds is 4. The van der Waals surface area contributed by atoms with Crippen molar-refractivity contribution in [3.8, 4) is 0 Å². The highest BCUT2D eigenvalue weighted by Crippen LogP contribution is 2.11. The van der Waals surface area contributed by atoms with Crippen LogP contribution in [0.2, 0.25) is 0 Å². The highest BCUT2D eigenvalue weighted by atomic mass is 16.3. The summed E-state index contributed by atoms with van der Waals surface area (Å²) in [6.45, 7) is 3.51. The Morgan fingerprint density at radius 3 is 2.75 bits per heavy atom. The monoisotopic (exact) mass is 227 g/mol. The number of amides is 1. The van der Waals surface area contributed by atoms with Gasteiger partial charge in [0.05, 0.1) is 12.1 Å². The van der Waals surface area contributed by atoms with Crippen molar-refractivity contribution in [1.82, 2.24) is 19.7 Å². The van der Waals surface area contributed by atoms with Crippen molar-refractivity contribution in [3.05, 3.63) is 6.33 Å². The summed E-state index contributed by atoms with van der Waals surface area (Å²) in [5.74, 6) is -0.0270. The molecule has 1 amide bonds. The summed E-state index contributed by atoms with van der Waals surface area (Å²) in [5.41, 5.74) is 4.74. The second-order valence-corrected chi connectivity index (χ2v) is 4.22. The number of hydrogen-bond donors (Lipinski definition) is 2. The molecule has 0 bridgehead atoms. The first-order chi connectivity index (χ1) is 7.36. The van der Waals surface area contributed by atoms with E-state index in [0.717, 1.165) is 0 Å². The van der Waals surface area contributed by atoms with E-state index in [-0.39, 0.29) is 25.0 Å². The molecule has 3 N–H and O–H groups in total. The molecule has 0 unspecified atom stereocenters. The van der Waals surface area contributed by atoms with E-state index < -0.39 is 5.54 Å². The maximum atomic E-state index is 11.8. The molecule has 0 atom stereocenters. The number of nitrogen functional groups attached to an aromatic ring is 1. The van der Waals surface area contributed by atoms with Crippen LogP contribution in [0.15, 0.2) is 6.33 Å². The Hall–Kier alpha value is -1.63. The van der Waals surface area contributed by atoms with E-state index >= 15 is 0 Å². The summed E-state index contributed by atoms with van der Waals surface area (Å²) in [4.78, 5) is 17.0. The van der Waals surface area contributed by atoms with Gasteiger partial charge >= 0.3 is 0 Å². The summed E-state index contributed by atoms with van der Waals surface area (Å²) < 4.78 is 1.36. The minimum Gasteiger partial charge on any atom is -0.394 e. The van der Waals surface area contributed by atoms with Gasteiger partial charge in [0.1, 0.15) is 12.9 Å². The van der Waals surface area contributed by atoms with Gasteiger partial charge in [-0.3, -0.25) is 4.79 Å². The number of carbonyl (C=O) groups is 1. The molecule has 0 saturated carbocycles. The van der Waals surface area contributed by atoms with Crippen LogP contribution in [-0.2, 0) is 11.3 Å². The zero-order chi connectivity index (χ0) is 12.3. The van der Waals surface area contributed by atoms with Crippen molar-refractivity contribution in [3.63, 3.8) is 0 Å². The SMILES string of the molecule is CN(C(=O)Cn1cnc(N)n1)C(C)(C)CO. The topological polar surface area (TPSA) is 97.3 Å². The van der Waals surface area contributed by atoms with E-state index in [0.29, 0.717) is 0 Å². The summed E-state index contributed by atoms with van der Waals surface area (Å²) in [5, 5.41) is 12.9. The molecular weight excluding hydrogens is 210 g/mol.